The average molecular weight is 356 g/mol. The first-order valence-corrected chi connectivity index (χ1v) is 8.81. The van der Waals surface area contributed by atoms with E-state index in [9.17, 15) is 4.79 Å². The quantitative estimate of drug-likeness (QED) is 0.886. The number of nitrogens with one attached hydrogen (secondary N) is 1. The molecule has 0 spiro atoms. The predicted octanol–water partition coefficient (Wildman–Crippen LogP) is 3.25. The number of carbonyl (C=O) groups excluding carboxylic acids is 1. The normalized spacial score (nSPS) is 14.5. The zero-order chi connectivity index (χ0) is 18.4. The molecule has 1 N–H and O–H groups in total. The summed E-state index contributed by atoms with van der Waals surface area (Å²) < 4.78 is 10.5. The molecule has 1 aromatic heterocycles. The number of nitrogens with zero attached hydrogens (tertiary/aromatic N) is 3. The summed E-state index contributed by atoms with van der Waals surface area (Å²) in [7, 11) is 3.18. The van der Waals surface area contributed by atoms with Crippen molar-refractivity contribution in [2.45, 2.75) is 25.7 Å². The molecular weight excluding hydrogens is 332 g/mol. The maximum atomic E-state index is 12.6. The number of likely N-dealkylation sites (tertiary alicyclic amines) is 1. The molecule has 2 heterocycles. The third-order valence-electron chi connectivity index (χ3n) is 4.43. The molecule has 7 heteroatoms. The van der Waals surface area contributed by atoms with E-state index in [1.807, 2.05) is 11.0 Å². The lowest BCUT2D eigenvalue weighted by atomic mass is 10.2. The minimum atomic E-state index is 0.00423. The van der Waals surface area contributed by atoms with E-state index in [-0.39, 0.29) is 5.91 Å². The smallest absolute Gasteiger partial charge is 0.256 e. The van der Waals surface area contributed by atoms with Gasteiger partial charge < -0.3 is 19.7 Å². The zero-order valence-electron chi connectivity index (χ0n) is 15.2. The van der Waals surface area contributed by atoms with Crippen molar-refractivity contribution in [3.05, 3.63) is 36.2 Å². The largest absolute Gasteiger partial charge is 0.493 e. The van der Waals surface area contributed by atoms with Crippen LogP contribution in [0.25, 0.3) is 0 Å². The lowest BCUT2D eigenvalue weighted by molar-refractivity contribution is 0.0761. The Morgan fingerprint density at radius 3 is 2.27 bits per heavy atom. The minimum Gasteiger partial charge on any atom is -0.493 e. The number of ether oxygens (including phenoxy) is 2. The number of carbonyl (C=O) groups is 1. The lowest BCUT2D eigenvalue weighted by Gasteiger charge is -2.19. The van der Waals surface area contributed by atoms with Gasteiger partial charge in [0.15, 0.2) is 11.5 Å². The molecule has 1 amide bonds. The van der Waals surface area contributed by atoms with Crippen LogP contribution in [-0.4, -0.2) is 48.1 Å². The molecule has 0 radical (unpaired) electrons. The standard InChI is InChI=1S/C19H24N4O3/c1-25-16-8-7-15(11-17(16)26-2)22-19-20-12-14(13-21-19)18(24)23-9-5-3-4-6-10-23/h7-8,11-13H,3-6,9-10H2,1-2H3,(H,20,21,22). The minimum absolute atomic E-state index is 0.00423. The van der Waals surface area contributed by atoms with Gasteiger partial charge in [0, 0.05) is 37.2 Å². The highest BCUT2D eigenvalue weighted by molar-refractivity contribution is 5.93. The Morgan fingerprint density at radius 2 is 1.65 bits per heavy atom. The van der Waals surface area contributed by atoms with Crippen LogP contribution in [0, 0.1) is 0 Å². The van der Waals surface area contributed by atoms with Crippen molar-refractivity contribution in [3.63, 3.8) is 0 Å². The second kappa shape index (κ2) is 8.51. The van der Waals surface area contributed by atoms with E-state index in [0.717, 1.165) is 31.6 Å². The van der Waals surface area contributed by atoms with Crippen molar-refractivity contribution in [2.75, 3.05) is 32.6 Å². The molecule has 2 aromatic rings. The van der Waals surface area contributed by atoms with Crippen molar-refractivity contribution in [1.29, 1.82) is 0 Å². The molecule has 1 fully saturated rings. The molecule has 0 aliphatic carbocycles. The second-order valence-corrected chi connectivity index (χ2v) is 6.20. The highest BCUT2D eigenvalue weighted by atomic mass is 16.5. The Kier molecular flexibility index (Phi) is 5.88. The number of hydrogen-bond donors (Lipinski definition) is 1. The fourth-order valence-corrected chi connectivity index (χ4v) is 3.00. The van der Waals surface area contributed by atoms with Crippen molar-refractivity contribution in [3.8, 4) is 11.5 Å². The van der Waals surface area contributed by atoms with E-state index in [1.54, 1.807) is 38.7 Å². The van der Waals surface area contributed by atoms with E-state index in [2.05, 4.69) is 15.3 Å². The zero-order valence-corrected chi connectivity index (χ0v) is 15.2. The molecule has 0 saturated carbocycles. The number of methoxy groups -OCH3 is 2. The molecule has 26 heavy (non-hydrogen) atoms. The summed E-state index contributed by atoms with van der Waals surface area (Å²) in [6.45, 7) is 1.62. The first-order chi connectivity index (χ1) is 12.7. The maximum Gasteiger partial charge on any atom is 0.256 e. The third kappa shape index (κ3) is 4.22. The molecule has 7 nitrogen and oxygen atoms in total. The fraction of sp³-hybridized carbons (Fsp3) is 0.421. The molecule has 1 aromatic carbocycles. The van der Waals surface area contributed by atoms with Crippen LogP contribution in [0.15, 0.2) is 30.6 Å². The van der Waals surface area contributed by atoms with Crippen molar-refractivity contribution in [1.82, 2.24) is 14.9 Å². The summed E-state index contributed by atoms with van der Waals surface area (Å²) in [5, 5.41) is 3.10. The Hall–Kier alpha value is -2.83. The van der Waals surface area contributed by atoms with Crippen LogP contribution in [0.3, 0.4) is 0 Å². The van der Waals surface area contributed by atoms with Crippen LogP contribution >= 0.6 is 0 Å². The molecule has 3 rings (SSSR count). The topological polar surface area (TPSA) is 76.6 Å². The van der Waals surface area contributed by atoms with E-state index in [0.29, 0.717) is 23.0 Å². The monoisotopic (exact) mass is 356 g/mol. The fourth-order valence-electron chi connectivity index (χ4n) is 3.00. The number of rotatable bonds is 5. The Bertz CT molecular complexity index is 741. The van der Waals surface area contributed by atoms with E-state index in [4.69, 9.17) is 9.47 Å². The Morgan fingerprint density at radius 1 is 1.00 bits per heavy atom. The molecule has 0 bridgehead atoms. The Labute approximate surface area is 153 Å². The van der Waals surface area contributed by atoms with Crippen LogP contribution in [-0.2, 0) is 0 Å². The molecule has 1 aliphatic heterocycles. The number of aromatic nitrogens is 2. The van der Waals surface area contributed by atoms with E-state index >= 15 is 0 Å². The highest BCUT2D eigenvalue weighted by Crippen LogP contribution is 2.30. The summed E-state index contributed by atoms with van der Waals surface area (Å²) in [6.07, 6.45) is 7.65. The highest BCUT2D eigenvalue weighted by Gasteiger charge is 2.18. The van der Waals surface area contributed by atoms with Crippen LogP contribution in [0.5, 0.6) is 11.5 Å². The van der Waals surface area contributed by atoms with Gasteiger partial charge >= 0.3 is 0 Å². The number of hydrogen-bond acceptors (Lipinski definition) is 6. The SMILES string of the molecule is COc1ccc(Nc2ncc(C(=O)N3CCCCCC3)cn2)cc1OC. The molecule has 0 unspecified atom stereocenters. The van der Waals surface area contributed by atoms with Crippen LogP contribution in [0.2, 0.25) is 0 Å². The summed E-state index contributed by atoms with van der Waals surface area (Å²) in [4.78, 5) is 23.0. The van der Waals surface area contributed by atoms with Crippen LogP contribution < -0.4 is 14.8 Å². The number of amides is 1. The van der Waals surface area contributed by atoms with Gasteiger partial charge in [0.2, 0.25) is 5.95 Å². The molecule has 1 aliphatic rings. The molecule has 1 saturated heterocycles. The van der Waals surface area contributed by atoms with Crippen molar-refractivity contribution < 1.29 is 14.3 Å². The molecule has 138 valence electrons. The van der Waals surface area contributed by atoms with Crippen LogP contribution in [0.1, 0.15) is 36.0 Å². The predicted molar refractivity (Wildman–Crippen MR) is 99.2 cm³/mol. The summed E-state index contributed by atoms with van der Waals surface area (Å²) in [5.41, 5.74) is 1.29. The lowest BCUT2D eigenvalue weighted by Crippen LogP contribution is -2.32. The van der Waals surface area contributed by atoms with Gasteiger partial charge in [-0.3, -0.25) is 4.79 Å². The van der Waals surface area contributed by atoms with Gasteiger partial charge in [-0.1, -0.05) is 12.8 Å². The Balaban J connectivity index is 1.68. The second-order valence-electron chi connectivity index (χ2n) is 6.20. The molecule has 0 atom stereocenters. The van der Waals surface area contributed by atoms with Gasteiger partial charge in [-0.2, -0.15) is 0 Å². The van der Waals surface area contributed by atoms with Gasteiger partial charge in [0.1, 0.15) is 0 Å². The summed E-state index contributed by atoms with van der Waals surface area (Å²) >= 11 is 0. The van der Waals surface area contributed by atoms with E-state index in [1.165, 1.54) is 12.8 Å². The van der Waals surface area contributed by atoms with Crippen molar-refractivity contribution >= 4 is 17.5 Å². The first-order valence-electron chi connectivity index (χ1n) is 8.81. The molecular formula is C19H24N4O3. The van der Waals surface area contributed by atoms with E-state index < -0.39 is 0 Å². The van der Waals surface area contributed by atoms with Crippen LogP contribution in [0.4, 0.5) is 11.6 Å². The number of benzene rings is 1. The van der Waals surface area contributed by atoms with Gasteiger partial charge in [-0.15, -0.1) is 0 Å². The van der Waals surface area contributed by atoms with Gasteiger partial charge in [0.25, 0.3) is 5.91 Å². The third-order valence-corrected chi connectivity index (χ3v) is 4.43. The summed E-state index contributed by atoms with van der Waals surface area (Å²) in [5.74, 6) is 1.69. The van der Waals surface area contributed by atoms with Gasteiger partial charge in [0.05, 0.1) is 19.8 Å². The van der Waals surface area contributed by atoms with Gasteiger partial charge in [-0.25, -0.2) is 9.97 Å². The number of anilines is 2. The summed E-state index contributed by atoms with van der Waals surface area (Å²) in [6, 6.07) is 5.46. The average Bonchev–Trinajstić information content (AvgIpc) is 2.97. The van der Waals surface area contributed by atoms with Crippen molar-refractivity contribution in [2.24, 2.45) is 0 Å². The first kappa shape index (κ1) is 18.0. The maximum absolute atomic E-state index is 12.6. The van der Waals surface area contributed by atoms with Gasteiger partial charge in [-0.05, 0) is 25.0 Å².